The zero-order valence-electron chi connectivity index (χ0n) is 15.1. The Morgan fingerprint density at radius 3 is 2.58 bits per heavy atom. The van der Waals surface area contributed by atoms with Crippen molar-refractivity contribution in [3.63, 3.8) is 0 Å². The number of carbonyl (C=O) groups excluding carboxylic acids is 1. The SMILES string of the molecule is COc1ccccc1-c1ccc2c(c1)C(=O)N([C@H]1CN3CCC1CC3)C2. The number of benzene rings is 2. The Bertz CT molecular complexity index is 855. The number of rotatable bonds is 3. The van der Waals surface area contributed by atoms with Crippen molar-refractivity contribution < 1.29 is 9.53 Å². The molecule has 2 aromatic carbocycles. The molecule has 4 aliphatic heterocycles. The van der Waals surface area contributed by atoms with E-state index in [2.05, 4.69) is 28.0 Å². The van der Waals surface area contributed by atoms with Gasteiger partial charge < -0.3 is 14.5 Å². The molecule has 2 aromatic rings. The van der Waals surface area contributed by atoms with Crippen molar-refractivity contribution in [2.24, 2.45) is 5.92 Å². The number of piperidine rings is 3. The first kappa shape index (κ1) is 15.9. The lowest BCUT2D eigenvalue weighted by Gasteiger charge is -2.48. The van der Waals surface area contributed by atoms with Gasteiger partial charge in [-0.15, -0.1) is 0 Å². The Kier molecular flexibility index (Phi) is 3.75. The van der Waals surface area contributed by atoms with E-state index in [9.17, 15) is 4.79 Å². The molecule has 1 amide bonds. The number of fused-ring (bicyclic) bond motifs is 4. The molecule has 4 heteroatoms. The first-order chi connectivity index (χ1) is 12.7. The summed E-state index contributed by atoms with van der Waals surface area (Å²) in [6, 6.07) is 14.7. The standard InChI is InChI=1S/C22H24N2O2/c1-26-21-5-3-2-4-18(21)16-6-7-17-13-24(22(25)19(17)12-16)20-14-23-10-8-15(20)9-11-23/h2-7,12,15,20H,8-11,13-14H2,1H3/t20-/m0/s1. The minimum atomic E-state index is 0.204. The number of nitrogens with zero attached hydrogens (tertiary/aromatic N) is 2. The van der Waals surface area contributed by atoms with Crippen LogP contribution in [0.1, 0.15) is 28.8 Å². The maximum Gasteiger partial charge on any atom is 0.254 e. The van der Waals surface area contributed by atoms with Gasteiger partial charge in [0.2, 0.25) is 0 Å². The molecule has 3 saturated heterocycles. The fraction of sp³-hybridized carbons (Fsp3) is 0.409. The van der Waals surface area contributed by atoms with E-state index in [1.54, 1.807) is 7.11 Å². The van der Waals surface area contributed by atoms with E-state index in [0.29, 0.717) is 12.0 Å². The molecule has 0 unspecified atom stereocenters. The van der Waals surface area contributed by atoms with Gasteiger partial charge in [-0.25, -0.2) is 0 Å². The molecule has 0 N–H and O–H groups in total. The van der Waals surface area contributed by atoms with Crippen LogP contribution in [0.4, 0.5) is 0 Å². The average Bonchev–Trinajstić information content (AvgIpc) is 3.04. The Balaban J connectivity index is 1.46. The zero-order valence-corrected chi connectivity index (χ0v) is 15.1. The molecule has 0 saturated carbocycles. The molecule has 0 radical (unpaired) electrons. The monoisotopic (exact) mass is 348 g/mol. The molecule has 4 nitrogen and oxygen atoms in total. The molecule has 1 atom stereocenters. The Morgan fingerprint density at radius 1 is 1.04 bits per heavy atom. The summed E-state index contributed by atoms with van der Waals surface area (Å²) in [5, 5.41) is 0. The molecular formula is C22H24N2O2. The molecule has 6 rings (SSSR count). The summed E-state index contributed by atoms with van der Waals surface area (Å²) in [6.07, 6.45) is 2.47. The number of amides is 1. The number of hydrogen-bond donors (Lipinski definition) is 0. The number of methoxy groups -OCH3 is 1. The van der Waals surface area contributed by atoms with Gasteiger partial charge in [0, 0.05) is 30.3 Å². The third kappa shape index (κ3) is 2.43. The van der Waals surface area contributed by atoms with Gasteiger partial charge in [-0.2, -0.15) is 0 Å². The van der Waals surface area contributed by atoms with E-state index >= 15 is 0 Å². The average molecular weight is 348 g/mol. The minimum Gasteiger partial charge on any atom is -0.496 e. The molecule has 4 aliphatic rings. The summed E-state index contributed by atoms with van der Waals surface area (Å²) in [7, 11) is 1.69. The van der Waals surface area contributed by atoms with Crippen molar-refractivity contribution in [2.45, 2.75) is 25.4 Å². The van der Waals surface area contributed by atoms with Crippen LogP contribution in [-0.2, 0) is 6.54 Å². The highest BCUT2D eigenvalue weighted by Crippen LogP contribution is 2.37. The lowest BCUT2D eigenvalue weighted by molar-refractivity contribution is 0.00846. The van der Waals surface area contributed by atoms with Crippen LogP contribution in [0, 0.1) is 5.92 Å². The Morgan fingerprint density at radius 2 is 1.85 bits per heavy atom. The van der Waals surface area contributed by atoms with Crippen LogP contribution < -0.4 is 4.74 Å². The van der Waals surface area contributed by atoms with Crippen LogP contribution in [0.3, 0.4) is 0 Å². The van der Waals surface area contributed by atoms with Crippen molar-refractivity contribution in [3.8, 4) is 16.9 Å². The van der Waals surface area contributed by atoms with Gasteiger partial charge >= 0.3 is 0 Å². The van der Waals surface area contributed by atoms with Crippen LogP contribution in [-0.4, -0.2) is 48.5 Å². The van der Waals surface area contributed by atoms with Crippen LogP contribution in [0.5, 0.6) is 5.75 Å². The van der Waals surface area contributed by atoms with E-state index in [1.165, 1.54) is 25.9 Å². The van der Waals surface area contributed by atoms with E-state index in [0.717, 1.165) is 41.1 Å². The van der Waals surface area contributed by atoms with E-state index < -0.39 is 0 Å². The molecule has 26 heavy (non-hydrogen) atoms. The first-order valence-electron chi connectivity index (χ1n) is 9.54. The molecule has 2 bridgehead atoms. The summed E-state index contributed by atoms with van der Waals surface area (Å²) >= 11 is 0. The first-order valence-corrected chi connectivity index (χ1v) is 9.54. The fourth-order valence-corrected chi connectivity index (χ4v) is 4.93. The van der Waals surface area contributed by atoms with Gasteiger partial charge in [-0.3, -0.25) is 4.79 Å². The highest BCUT2D eigenvalue weighted by molar-refractivity contribution is 6.00. The van der Waals surface area contributed by atoms with Gasteiger partial charge in [0.05, 0.1) is 7.11 Å². The van der Waals surface area contributed by atoms with Crippen LogP contribution in [0.15, 0.2) is 42.5 Å². The number of para-hydroxylation sites is 1. The van der Waals surface area contributed by atoms with Gasteiger partial charge in [0.1, 0.15) is 5.75 Å². The second kappa shape index (κ2) is 6.13. The molecule has 134 valence electrons. The Hall–Kier alpha value is -2.33. The Labute approximate surface area is 154 Å². The lowest BCUT2D eigenvalue weighted by atomic mass is 9.83. The molecule has 0 aromatic heterocycles. The summed E-state index contributed by atoms with van der Waals surface area (Å²) in [6.45, 7) is 4.21. The molecule has 3 fully saturated rings. The molecule has 0 spiro atoms. The zero-order chi connectivity index (χ0) is 17.7. The maximum absolute atomic E-state index is 13.2. The van der Waals surface area contributed by atoms with Crippen LogP contribution >= 0.6 is 0 Å². The third-order valence-electron chi connectivity index (χ3n) is 6.38. The minimum absolute atomic E-state index is 0.204. The quantitative estimate of drug-likeness (QED) is 0.852. The van der Waals surface area contributed by atoms with Gasteiger partial charge in [-0.1, -0.05) is 30.3 Å². The highest BCUT2D eigenvalue weighted by atomic mass is 16.5. The van der Waals surface area contributed by atoms with Gasteiger partial charge in [-0.05, 0) is 55.1 Å². The smallest absolute Gasteiger partial charge is 0.254 e. The van der Waals surface area contributed by atoms with E-state index in [1.807, 2.05) is 24.3 Å². The summed E-state index contributed by atoms with van der Waals surface area (Å²) in [4.78, 5) is 17.8. The van der Waals surface area contributed by atoms with Crippen molar-refractivity contribution >= 4 is 5.91 Å². The number of hydrogen-bond acceptors (Lipinski definition) is 3. The summed E-state index contributed by atoms with van der Waals surface area (Å²) in [5.74, 6) is 1.72. The van der Waals surface area contributed by atoms with Gasteiger partial charge in [0.15, 0.2) is 0 Å². The normalized spacial score (nSPS) is 26.9. The number of carbonyl (C=O) groups is 1. The van der Waals surface area contributed by atoms with Crippen LogP contribution in [0.25, 0.3) is 11.1 Å². The molecular weight excluding hydrogens is 324 g/mol. The lowest BCUT2D eigenvalue weighted by Crippen LogP contribution is -2.57. The fourth-order valence-electron chi connectivity index (χ4n) is 4.93. The largest absolute Gasteiger partial charge is 0.496 e. The van der Waals surface area contributed by atoms with Crippen molar-refractivity contribution in [1.29, 1.82) is 0 Å². The molecule has 0 aliphatic carbocycles. The van der Waals surface area contributed by atoms with Crippen molar-refractivity contribution in [3.05, 3.63) is 53.6 Å². The predicted octanol–water partition coefficient (Wildman–Crippen LogP) is 3.41. The predicted molar refractivity (Wildman–Crippen MR) is 101 cm³/mol. The maximum atomic E-state index is 13.2. The second-order valence-electron chi connectivity index (χ2n) is 7.71. The topological polar surface area (TPSA) is 32.8 Å². The van der Waals surface area contributed by atoms with Crippen molar-refractivity contribution in [1.82, 2.24) is 9.80 Å². The third-order valence-corrected chi connectivity index (χ3v) is 6.38. The van der Waals surface area contributed by atoms with Gasteiger partial charge in [0.25, 0.3) is 5.91 Å². The molecule has 4 heterocycles. The van der Waals surface area contributed by atoms with Crippen molar-refractivity contribution in [2.75, 3.05) is 26.7 Å². The number of ether oxygens (including phenoxy) is 1. The van der Waals surface area contributed by atoms with E-state index in [4.69, 9.17) is 4.74 Å². The van der Waals surface area contributed by atoms with E-state index in [-0.39, 0.29) is 5.91 Å². The van der Waals surface area contributed by atoms with Crippen LogP contribution in [0.2, 0.25) is 0 Å². The second-order valence-corrected chi connectivity index (χ2v) is 7.71. The highest BCUT2D eigenvalue weighted by Gasteiger charge is 2.42. The summed E-state index contributed by atoms with van der Waals surface area (Å²) in [5.41, 5.74) is 4.10. The summed E-state index contributed by atoms with van der Waals surface area (Å²) < 4.78 is 5.49.